The molecule has 1 saturated carbocycles. The molecular weight excluding hydrogens is 284 g/mol. The SMILES string of the molecule is CN(CCNCC(O)COCc1cccs1)C1CCCC1. The van der Waals surface area contributed by atoms with Gasteiger partial charge in [-0.1, -0.05) is 18.9 Å². The molecule has 1 heterocycles. The van der Waals surface area contributed by atoms with Gasteiger partial charge in [0.2, 0.25) is 0 Å². The van der Waals surface area contributed by atoms with Crippen LogP contribution in [0.1, 0.15) is 30.6 Å². The minimum absolute atomic E-state index is 0.392. The van der Waals surface area contributed by atoms with Crippen molar-refractivity contribution >= 4 is 11.3 Å². The molecule has 1 fully saturated rings. The molecule has 0 bridgehead atoms. The lowest BCUT2D eigenvalue weighted by atomic mass is 10.2. The van der Waals surface area contributed by atoms with Crippen molar-refractivity contribution in [1.82, 2.24) is 10.2 Å². The van der Waals surface area contributed by atoms with Crippen LogP contribution >= 0.6 is 11.3 Å². The molecule has 120 valence electrons. The van der Waals surface area contributed by atoms with E-state index in [0.717, 1.165) is 19.1 Å². The van der Waals surface area contributed by atoms with Crippen LogP contribution in [-0.2, 0) is 11.3 Å². The van der Waals surface area contributed by atoms with E-state index in [1.807, 2.05) is 17.5 Å². The summed E-state index contributed by atoms with van der Waals surface area (Å²) in [4.78, 5) is 3.65. The van der Waals surface area contributed by atoms with Crippen molar-refractivity contribution < 1.29 is 9.84 Å². The zero-order valence-corrected chi connectivity index (χ0v) is 13.8. The van der Waals surface area contributed by atoms with Gasteiger partial charge in [0.15, 0.2) is 0 Å². The van der Waals surface area contributed by atoms with Crippen LogP contribution in [0.25, 0.3) is 0 Å². The van der Waals surface area contributed by atoms with Gasteiger partial charge in [-0.05, 0) is 31.3 Å². The second-order valence-corrected chi connectivity index (χ2v) is 6.90. The van der Waals surface area contributed by atoms with Gasteiger partial charge in [0.05, 0.1) is 19.3 Å². The third kappa shape index (κ3) is 6.45. The topological polar surface area (TPSA) is 44.7 Å². The standard InChI is InChI=1S/C16H28N2O2S/c1-18(14-5-2-3-6-14)9-8-17-11-15(19)12-20-13-16-7-4-10-21-16/h4,7,10,14-15,17,19H,2-3,5-6,8-9,11-13H2,1H3. The highest BCUT2D eigenvalue weighted by Gasteiger charge is 2.18. The van der Waals surface area contributed by atoms with Gasteiger partial charge < -0.3 is 20.1 Å². The average molecular weight is 312 g/mol. The van der Waals surface area contributed by atoms with Gasteiger partial charge in [-0.25, -0.2) is 0 Å². The fourth-order valence-corrected chi connectivity index (χ4v) is 3.44. The second kappa shape index (κ2) is 9.54. The van der Waals surface area contributed by atoms with E-state index >= 15 is 0 Å². The van der Waals surface area contributed by atoms with Crippen LogP contribution in [0, 0.1) is 0 Å². The first-order valence-electron chi connectivity index (χ1n) is 7.95. The maximum absolute atomic E-state index is 9.86. The maximum atomic E-state index is 9.86. The Labute approximate surface area is 132 Å². The predicted octanol–water partition coefficient (Wildman–Crippen LogP) is 2.09. The van der Waals surface area contributed by atoms with Crippen molar-refractivity contribution in [2.45, 2.75) is 44.4 Å². The van der Waals surface area contributed by atoms with Gasteiger partial charge in [0.1, 0.15) is 0 Å². The Morgan fingerprint density at radius 1 is 1.48 bits per heavy atom. The highest BCUT2D eigenvalue weighted by atomic mass is 32.1. The van der Waals surface area contributed by atoms with Crippen LogP contribution in [0.4, 0.5) is 0 Å². The highest BCUT2D eigenvalue weighted by Crippen LogP contribution is 2.21. The number of thiophene rings is 1. The number of ether oxygens (including phenoxy) is 1. The zero-order chi connectivity index (χ0) is 14.9. The molecule has 1 aromatic rings. The van der Waals surface area contributed by atoms with E-state index in [1.54, 1.807) is 11.3 Å². The summed E-state index contributed by atoms with van der Waals surface area (Å²) in [6.45, 7) is 3.56. The van der Waals surface area contributed by atoms with Crippen LogP contribution in [0.15, 0.2) is 17.5 Å². The van der Waals surface area contributed by atoms with Gasteiger partial charge >= 0.3 is 0 Å². The molecular formula is C16H28N2O2S. The van der Waals surface area contributed by atoms with E-state index in [0.29, 0.717) is 19.8 Å². The van der Waals surface area contributed by atoms with Crippen molar-refractivity contribution in [3.05, 3.63) is 22.4 Å². The third-order valence-electron chi connectivity index (χ3n) is 4.10. The van der Waals surface area contributed by atoms with Gasteiger partial charge in [0, 0.05) is 30.6 Å². The lowest BCUT2D eigenvalue weighted by molar-refractivity contribution is 0.0296. The lowest BCUT2D eigenvalue weighted by Crippen LogP contribution is -2.38. The first kappa shape index (κ1) is 16.9. The van der Waals surface area contributed by atoms with E-state index in [1.165, 1.54) is 30.6 Å². The Kier molecular flexibility index (Phi) is 7.68. The Hall–Kier alpha value is -0.460. The predicted molar refractivity (Wildman–Crippen MR) is 87.7 cm³/mol. The molecule has 0 aromatic carbocycles. The number of likely N-dealkylation sites (N-methyl/N-ethyl adjacent to an activating group) is 1. The fourth-order valence-electron chi connectivity index (χ4n) is 2.80. The number of nitrogens with one attached hydrogen (secondary N) is 1. The molecule has 0 amide bonds. The van der Waals surface area contributed by atoms with Crippen LogP contribution in [0.3, 0.4) is 0 Å². The van der Waals surface area contributed by atoms with Crippen LogP contribution < -0.4 is 5.32 Å². The van der Waals surface area contributed by atoms with E-state index in [9.17, 15) is 5.11 Å². The lowest BCUT2D eigenvalue weighted by Gasteiger charge is -2.24. The molecule has 1 unspecified atom stereocenters. The van der Waals surface area contributed by atoms with Crippen molar-refractivity contribution in [3.63, 3.8) is 0 Å². The molecule has 5 heteroatoms. The van der Waals surface area contributed by atoms with Crippen LogP contribution in [0.5, 0.6) is 0 Å². The monoisotopic (exact) mass is 312 g/mol. The summed E-state index contributed by atoms with van der Waals surface area (Å²) >= 11 is 1.68. The van der Waals surface area contributed by atoms with Gasteiger partial charge in [-0.15, -0.1) is 11.3 Å². The Balaban J connectivity index is 1.46. The summed E-state index contributed by atoms with van der Waals surface area (Å²) in [6, 6.07) is 4.84. The molecule has 2 N–H and O–H groups in total. The van der Waals surface area contributed by atoms with E-state index in [-0.39, 0.29) is 0 Å². The van der Waals surface area contributed by atoms with Crippen LogP contribution in [0.2, 0.25) is 0 Å². The molecule has 2 rings (SSSR count). The number of aliphatic hydroxyl groups is 1. The molecule has 0 saturated heterocycles. The molecule has 1 atom stereocenters. The number of hydrogen-bond acceptors (Lipinski definition) is 5. The van der Waals surface area contributed by atoms with Crippen molar-refractivity contribution in [2.75, 3.05) is 33.3 Å². The largest absolute Gasteiger partial charge is 0.389 e. The smallest absolute Gasteiger partial charge is 0.0897 e. The molecule has 21 heavy (non-hydrogen) atoms. The van der Waals surface area contributed by atoms with Crippen molar-refractivity contribution in [1.29, 1.82) is 0 Å². The Morgan fingerprint density at radius 2 is 2.29 bits per heavy atom. The van der Waals surface area contributed by atoms with Crippen molar-refractivity contribution in [3.8, 4) is 0 Å². The van der Waals surface area contributed by atoms with Gasteiger partial charge in [-0.2, -0.15) is 0 Å². The normalized spacial score (nSPS) is 17.7. The minimum atomic E-state index is -0.429. The maximum Gasteiger partial charge on any atom is 0.0897 e. The fraction of sp³-hybridized carbons (Fsp3) is 0.750. The third-order valence-corrected chi connectivity index (χ3v) is 4.95. The molecule has 1 aliphatic rings. The van der Waals surface area contributed by atoms with Gasteiger partial charge in [0.25, 0.3) is 0 Å². The molecule has 0 aliphatic heterocycles. The van der Waals surface area contributed by atoms with Crippen LogP contribution in [-0.4, -0.2) is 55.4 Å². The summed E-state index contributed by atoms with van der Waals surface area (Å²) < 4.78 is 5.51. The van der Waals surface area contributed by atoms with E-state index in [4.69, 9.17) is 4.74 Å². The summed E-state index contributed by atoms with van der Waals surface area (Å²) in [7, 11) is 2.21. The zero-order valence-electron chi connectivity index (χ0n) is 13.0. The summed E-state index contributed by atoms with van der Waals surface area (Å²) in [5.41, 5.74) is 0. The number of rotatable bonds is 10. The summed E-state index contributed by atoms with van der Waals surface area (Å²) in [6.07, 6.45) is 5.01. The molecule has 1 aromatic heterocycles. The summed E-state index contributed by atoms with van der Waals surface area (Å²) in [5, 5.41) is 15.2. The quantitative estimate of drug-likeness (QED) is 0.649. The van der Waals surface area contributed by atoms with E-state index in [2.05, 4.69) is 17.3 Å². The molecule has 0 spiro atoms. The summed E-state index contributed by atoms with van der Waals surface area (Å²) in [5.74, 6) is 0. The number of nitrogens with zero attached hydrogens (tertiary/aromatic N) is 1. The molecule has 1 aliphatic carbocycles. The van der Waals surface area contributed by atoms with Gasteiger partial charge in [-0.3, -0.25) is 0 Å². The minimum Gasteiger partial charge on any atom is -0.389 e. The second-order valence-electron chi connectivity index (χ2n) is 5.87. The number of hydrogen-bond donors (Lipinski definition) is 2. The average Bonchev–Trinajstić information content (AvgIpc) is 3.16. The number of aliphatic hydroxyl groups excluding tert-OH is 1. The molecule has 0 radical (unpaired) electrons. The highest BCUT2D eigenvalue weighted by molar-refractivity contribution is 7.09. The first-order valence-corrected chi connectivity index (χ1v) is 8.83. The van der Waals surface area contributed by atoms with Crippen molar-refractivity contribution in [2.24, 2.45) is 0 Å². The first-order chi connectivity index (χ1) is 10.3. The Bertz CT molecular complexity index is 366. The molecule has 4 nitrogen and oxygen atoms in total. The Morgan fingerprint density at radius 3 is 3.00 bits per heavy atom. The van der Waals surface area contributed by atoms with E-state index < -0.39 is 6.10 Å².